The first-order valence-electron chi connectivity index (χ1n) is 8.61. The molecule has 0 radical (unpaired) electrons. The van der Waals surface area contributed by atoms with E-state index in [0.29, 0.717) is 11.5 Å². The summed E-state index contributed by atoms with van der Waals surface area (Å²) in [5.74, 6) is 0.596. The Hall–Kier alpha value is -3.13. The van der Waals surface area contributed by atoms with Gasteiger partial charge in [-0.25, -0.2) is 4.98 Å². The van der Waals surface area contributed by atoms with Crippen LogP contribution in [0.1, 0.15) is 12.5 Å². The van der Waals surface area contributed by atoms with Gasteiger partial charge in [-0.05, 0) is 25.1 Å². The van der Waals surface area contributed by atoms with E-state index in [9.17, 15) is 18.3 Å². The SMILES string of the molecule is C[C@@H](CO)Nc1nc(Nc2cccc(C(F)(F)F)c2)cc(-c2ccccc2)n1. The van der Waals surface area contributed by atoms with E-state index < -0.39 is 11.7 Å². The van der Waals surface area contributed by atoms with E-state index in [2.05, 4.69) is 20.6 Å². The van der Waals surface area contributed by atoms with Gasteiger partial charge in [0.1, 0.15) is 5.82 Å². The number of alkyl halides is 3. The van der Waals surface area contributed by atoms with Crippen molar-refractivity contribution < 1.29 is 18.3 Å². The van der Waals surface area contributed by atoms with Crippen LogP contribution in [0.2, 0.25) is 0 Å². The molecule has 0 saturated heterocycles. The highest BCUT2D eigenvalue weighted by atomic mass is 19.4. The van der Waals surface area contributed by atoms with Gasteiger partial charge in [0, 0.05) is 23.4 Å². The second kappa shape index (κ2) is 8.26. The van der Waals surface area contributed by atoms with Gasteiger partial charge in [-0.3, -0.25) is 0 Å². The molecule has 1 heterocycles. The number of aliphatic hydroxyl groups excluding tert-OH is 1. The third-order valence-electron chi connectivity index (χ3n) is 3.91. The van der Waals surface area contributed by atoms with Crippen LogP contribution in [0, 0.1) is 0 Å². The number of rotatable bonds is 6. The average Bonchev–Trinajstić information content (AvgIpc) is 2.68. The van der Waals surface area contributed by atoms with Crippen LogP contribution in [-0.4, -0.2) is 27.7 Å². The van der Waals surface area contributed by atoms with Gasteiger partial charge < -0.3 is 15.7 Å². The lowest BCUT2D eigenvalue weighted by molar-refractivity contribution is -0.137. The molecule has 0 bridgehead atoms. The first-order valence-corrected chi connectivity index (χ1v) is 8.61. The Morgan fingerprint density at radius 2 is 1.75 bits per heavy atom. The van der Waals surface area contributed by atoms with Gasteiger partial charge in [-0.15, -0.1) is 0 Å². The molecule has 1 atom stereocenters. The fraction of sp³-hybridized carbons (Fsp3) is 0.200. The molecule has 0 spiro atoms. The second-order valence-electron chi connectivity index (χ2n) is 6.26. The van der Waals surface area contributed by atoms with Crippen LogP contribution < -0.4 is 10.6 Å². The van der Waals surface area contributed by atoms with E-state index in [4.69, 9.17) is 0 Å². The number of benzene rings is 2. The molecule has 5 nitrogen and oxygen atoms in total. The van der Waals surface area contributed by atoms with Crippen molar-refractivity contribution in [1.29, 1.82) is 0 Å². The molecule has 0 saturated carbocycles. The summed E-state index contributed by atoms with van der Waals surface area (Å²) >= 11 is 0. The van der Waals surface area contributed by atoms with Crippen molar-refractivity contribution in [1.82, 2.24) is 9.97 Å². The minimum absolute atomic E-state index is 0.116. The van der Waals surface area contributed by atoms with Crippen molar-refractivity contribution in [3.8, 4) is 11.3 Å². The summed E-state index contributed by atoms with van der Waals surface area (Å²) < 4.78 is 38.9. The smallest absolute Gasteiger partial charge is 0.394 e. The van der Waals surface area contributed by atoms with E-state index in [1.807, 2.05) is 30.3 Å². The Morgan fingerprint density at radius 3 is 2.43 bits per heavy atom. The first-order chi connectivity index (χ1) is 13.3. The number of hydrogen-bond donors (Lipinski definition) is 3. The molecule has 8 heteroatoms. The summed E-state index contributed by atoms with van der Waals surface area (Å²) in [7, 11) is 0. The standard InChI is InChI=1S/C20H19F3N4O/c1-13(12-28)24-19-26-17(14-6-3-2-4-7-14)11-18(27-19)25-16-9-5-8-15(10-16)20(21,22)23/h2-11,13,28H,12H2,1H3,(H2,24,25,26,27)/t13-/m0/s1. The maximum Gasteiger partial charge on any atom is 0.416 e. The third-order valence-corrected chi connectivity index (χ3v) is 3.91. The number of halogens is 3. The fourth-order valence-electron chi connectivity index (χ4n) is 2.52. The Kier molecular flexibility index (Phi) is 5.79. The molecule has 0 amide bonds. The largest absolute Gasteiger partial charge is 0.416 e. The van der Waals surface area contributed by atoms with Crippen molar-refractivity contribution in [3.05, 3.63) is 66.2 Å². The highest BCUT2D eigenvalue weighted by Gasteiger charge is 2.30. The molecule has 0 fully saturated rings. The van der Waals surface area contributed by atoms with Gasteiger partial charge in [-0.2, -0.15) is 18.2 Å². The lowest BCUT2D eigenvalue weighted by atomic mass is 10.1. The minimum Gasteiger partial charge on any atom is -0.394 e. The number of nitrogens with one attached hydrogen (secondary N) is 2. The van der Waals surface area contributed by atoms with Crippen molar-refractivity contribution >= 4 is 17.5 Å². The number of aromatic nitrogens is 2. The monoisotopic (exact) mass is 388 g/mol. The average molecular weight is 388 g/mol. The normalized spacial score (nSPS) is 12.5. The predicted octanol–water partition coefficient (Wildman–Crippen LogP) is 4.70. The van der Waals surface area contributed by atoms with Crippen LogP contribution in [0.25, 0.3) is 11.3 Å². The third kappa shape index (κ3) is 4.98. The second-order valence-corrected chi connectivity index (χ2v) is 6.26. The maximum atomic E-state index is 13.0. The summed E-state index contributed by atoms with van der Waals surface area (Å²) in [5, 5.41) is 15.1. The van der Waals surface area contributed by atoms with Crippen LogP contribution >= 0.6 is 0 Å². The van der Waals surface area contributed by atoms with Crippen molar-refractivity contribution in [2.75, 3.05) is 17.2 Å². The zero-order valence-corrected chi connectivity index (χ0v) is 15.0. The summed E-state index contributed by atoms with van der Waals surface area (Å²) in [6.45, 7) is 1.65. The molecule has 0 aliphatic carbocycles. The van der Waals surface area contributed by atoms with Gasteiger partial charge in [-0.1, -0.05) is 36.4 Å². The molecule has 146 valence electrons. The van der Waals surface area contributed by atoms with Crippen molar-refractivity contribution in [2.24, 2.45) is 0 Å². The number of aliphatic hydroxyl groups is 1. The quantitative estimate of drug-likeness (QED) is 0.571. The van der Waals surface area contributed by atoms with E-state index in [-0.39, 0.29) is 24.3 Å². The number of nitrogens with zero attached hydrogens (tertiary/aromatic N) is 2. The highest BCUT2D eigenvalue weighted by molar-refractivity contribution is 5.67. The lowest BCUT2D eigenvalue weighted by Gasteiger charge is -2.15. The van der Waals surface area contributed by atoms with Crippen LogP contribution in [0.5, 0.6) is 0 Å². The molecule has 3 aromatic rings. The Bertz CT molecular complexity index is 932. The molecule has 0 aliphatic heterocycles. The summed E-state index contributed by atoms with van der Waals surface area (Å²) in [6, 6.07) is 15.6. The van der Waals surface area contributed by atoms with Gasteiger partial charge >= 0.3 is 6.18 Å². The van der Waals surface area contributed by atoms with E-state index >= 15 is 0 Å². The Morgan fingerprint density at radius 1 is 1.00 bits per heavy atom. The molecular weight excluding hydrogens is 369 g/mol. The van der Waals surface area contributed by atoms with E-state index in [1.54, 1.807) is 13.0 Å². The minimum atomic E-state index is -4.43. The van der Waals surface area contributed by atoms with Gasteiger partial charge in [0.05, 0.1) is 17.9 Å². The molecule has 1 aromatic heterocycles. The predicted molar refractivity (Wildman–Crippen MR) is 102 cm³/mol. The maximum absolute atomic E-state index is 13.0. The molecule has 2 aromatic carbocycles. The van der Waals surface area contributed by atoms with Crippen LogP contribution in [0.3, 0.4) is 0 Å². The summed E-state index contributed by atoms with van der Waals surface area (Å²) in [6.07, 6.45) is -4.43. The Balaban J connectivity index is 1.96. The molecule has 0 aliphatic rings. The van der Waals surface area contributed by atoms with Crippen LogP contribution in [-0.2, 0) is 6.18 Å². The van der Waals surface area contributed by atoms with Crippen LogP contribution in [0.4, 0.5) is 30.6 Å². The highest BCUT2D eigenvalue weighted by Crippen LogP contribution is 2.31. The molecule has 28 heavy (non-hydrogen) atoms. The summed E-state index contributed by atoms with van der Waals surface area (Å²) in [5.41, 5.74) is 0.935. The lowest BCUT2D eigenvalue weighted by Crippen LogP contribution is -2.21. The molecule has 0 unspecified atom stereocenters. The molecule has 3 rings (SSSR count). The molecule has 3 N–H and O–H groups in total. The zero-order valence-electron chi connectivity index (χ0n) is 15.0. The molecular formula is C20H19F3N4O. The number of anilines is 3. The fourth-order valence-corrected chi connectivity index (χ4v) is 2.52. The number of hydrogen-bond acceptors (Lipinski definition) is 5. The van der Waals surface area contributed by atoms with E-state index in [0.717, 1.165) is 17.7 Å². The summed E-state index contributed by atoms with van der Waals surface area (Å²) in [4.78, 5) is 8.74. The van der Waals surface area contributed by atoms with Crippen LogP contribution in [0.15, 0.2) is 60.7 Å². The van der Waals surface area contributed by atoms with Gasteiger partial charge in [0.25, 0.3) is 0 Å². The van der Waals surface area contributed by atoms with Crippen molar-refractivity contribution in [2.45, 2.75) is 19.1 Å². The van der Waals surface area contributed by atoms with Gasteiger partial charge in [0.2, 0.25) is 5.95 Å². The topological polar surface area (TPSA) is 70.1 Å². The Labute approximate surface area is 160 Å². The zero-order chi connectivity index (χ0) is 20.1. The van der Waals surface area contributed by atoms with Gasteiger partial charge in [0.15, 0.2) is 0 Å². The van der Waals surface area contributed by atoms with E-state index in [1.165, 1.54) is 12.1 Å². The first kappa shape index (κ1) is 19.6. The van der Waals surface area contributed by atoms with Crippen molar-refractivity contribution in [3.63, 3.8) is 0 Å².